The second-order valence-electron chi connectivity index (χ2n) is 7.32. The Hall–Kier alpha value is -3.96. The molecule has 6 nitrogen and oxygen atoms in total. The number of amides is 1. The van der Waals surface area contributed by atoms with Crippen molar-refractivity contribution in [2.45, 2.75) is 18.8 Å². The fraction of sp³-hybridized carbons (Fsp3) is 0.182. The van der Waals surface area contributed by atoms with E-state index in [0.29, 0.717) is 28.0 Å². The molecule has 0 unspecified atom stereocenters. The number of nitrogens with one attached hydrogen (secondary N) is 1. The Morgan fingerprint density at radius 1 is 0.971 bits per heavy atom. The van der Waals surface area contributed by atoms with Gasteiger partial charge in [-0.3, -0.25) is 9.20 Å². The number of halogens is 6. The molecule has 0 spiro atoms. The molecule has 0 aliphatic carbocycles. The van der Waals surface area contributed by atoms with E-state index in [4.69, 9.17) is 0 Å². The average Bonchev–Trinajstić information content (AvgIpc) is 3.20. The molecule has 0 radical (unpaired) electrons. The minimum absolute atomic E-state index is 0.103. The number of nitrogens with zero attached hydrogens (tertiary/aromatic N) is 4. The van der Waals surface area contributed by atoms with E-state index in [2.05, 4.69) is 15.0 Å². The number of hydrogen-bond donors (Lipinski definition) is 1. The van der Waals surface area contributed by atoms with Crippen molar-refractivity contribution >= 4 is 11.6 Å². The van der Waals surface area contributed by atoms with E-state index in [9.17, 15) is 31.1 Å². The molecule has 176 valence electrons. The maximum atomic E-state index is 13.0. The van der Waals surface area contributed by atoms with Gasteiger partial charge in [0.2, 0.25) is 5.91 Å². The highest BCUT2D eigenvalue weighted by atomic mass is 19.4. The van der Waals surface area contributed by atoms with Crippen LogP contribution in [-0.2, 0) is 17.4 Å². The molecule has 1 aromatic carbocycles. The van der Waals surface area contributed by atoms with Crippen LogP contribution in [-0.4, -0.2) is 38.0 Å². The van der Waals surface area contributed by atoms with Gasteiger partial charge in [-0.15, -0.1) is 0 Å². The number of fused-ring (bicyclic) bond motifs is 1. The van der Waals surface area contributed by atoms with Gasteiger partial charge in [0.25, 0.3) is 0 Å². The van der Waals surface area contributed by atoms with Crippen LogP contribution in [0.15, 0.2) is 61.1 Å². The number of rotatable bonds is 5. The van der Waals surface area contributed by atoms with Crippen LogP contribution >= 0.6 is 0 Å². The summed E-state index contributed by atoms with van der Waals surface area (Å²) < 4.78 is 77.4. The van der Waals surface area contributed by atoms with Crippen molar-refractivity contribution in [1.29, 1.82) is 0 Å². The van der Waals surface area contributed by atoms with Crippen LogP contribution < -0.4 is 5.32 Å². The molecule has 3 heterocycles. The van der Waals surface area contributed by atoms with Crippen molar-refractivity contribution in [1.82, 2.24) is 24.7 Å². The molecule has 3 aromatic heterocycles. The van der Waals surface area contributed by atoms with Gasteiger partial charge < -0.3 is 5.32 Å². The minimum Gasteiger partial charge on any atom is -0.347 e. The van der Waals surface area contributed by atoms with Gasteiger partial charge in [-0.2, -0.15) is 26.3 Å². The van der Waals surface area contributed by atoms with Gasteiger partial charge in [0, 0.05) is 23.5 Å². The molecule has 4 aromatic rings. The Morgan fingerprint density at radius 3 is 2.50 bits per heavy atom. The molecule has 34 heavy (non-hydrogen) atoms. The van der Waals surface area contributed by atoms with Crippen molar-refractivity contribution in [3.63, 3.8) is 0 Å². The zero-order valence-corrected chi connectivity index (χ0v) is 17.2. The highest BCUT2D eigenvalue weighted by Crippen LogP contribution is 2.29. The van der Waals surface area contributed by atoms with Crippen molar-refractivity contribution in [2.24, 2.45) is 0 Å². The van der Waals surface area contributed by atoms with Gasteiger partial charge in [-0.25, -0.2) is 15.0 Å². The smallest absolute Gasteiger partial charge is 0.347 e. The SMILES string of the molecule is O=C(Cc1cccc(-c2cnc3cc(-c4nccc(C(F)(F)F)n4)ccn23)c1)NCC(F)(F)F. The Kier molecular flexibility index (Phi) is 5.98. The molecule has 1 N–H and O–H groups in total. The van der Waals surface area contributed by atoms with Crippen molar-refractivity contribution in [3.8, 4) is 22.6 Å². The highest BCUT2D eigenvalue weighted by molar-refractivity contribution is 5.79. The summed E-state index contributed by atoms with van der Waals surface area (Å²) in [6, 6.07) is 10.5. The fourth-order valence-electron chi connectivity index (χ4n) is 3.28. The first kappa shape index (κ1) is 23.2. The van der Waals surface area contributed by atoms with E-state index < -0.39 is 30.5 Å². The molecule has 0 bridgehead atoms. The summed E-state index contributed by atoms with van der Waals surface area (Å²) >= 11 is 0. The number of carbonyl (C=O) groups excluding carboxylic acids is 1. The van der Waals surface area contributed by atoms with Crippen LogP contribution in [0.5, 0.6) is 0 Å². The molecule has 0 saturated carbocycles. The van der Waals surface area contributed by atoms with E-state index in [0.717, 1.165) is 12.3 Å². The molecular weight excluding hydrogens is 464 g/mol. The minimum atomic E-state index is -4.60. The number of carbonyl (C=O) groups is 1. The molecule has 0 fully saturated rings. The predicted molar refractivity (Wildman–Crippen MR) is 109 cm³/mol. The lowest BCUT2D eigenvalue weighted by atomic mass is 10.1. The molecule has 0 atom stereocenters. The second kappa shape index (κ2) is 8.76. The lowest BCUT2D eigenvalue weighted by Crippen LogP contribution is -2.34. The third kappa shape index (κ3) is 5.33. The first-order valence-corrected chi connectivity index (χ1v) is 9.80. The van der Waals surface area contributed by atoms with Gasteiger partial charge in [0.15, 0.2) is 5.82 Å². The van der Waals surface area contributed by atoms with E-state index >= 15 is 0 Å². The van der Waals surface area contributed by atoms with Crippen LogP contribution in [0.3, 0.4) is 0 Å². The normalized spacial score (nSPS) is 12.2. The Bertz CT molecular complexity index is 1350. The molecular formula is C22H15F6N5O. The molecule has 12 heteroatoms. The summed E-state index contributed by atoms with van der Waals surface area (Å²) in [6.07, 6.45) is -5.17. The lowest BCUT2D eigenvalue weighted by Gasteiger charge is -2.09. The zero-order chi connectivity index (χ0) is 24.5. The molecule has 1 amide bonds. The van der Waals surface area contributed by atoms with Crippen LogP contribution in [0.1, 0.15) is 11.3 Å². The number of benzene rings is 1. The third-order valence-electron chi connectivity index (χ3n) is 4.79. The summed E-state index contributed by atoms with van der Waals surface area (Å²) in [5, 5.41) is 1.83. The standard InChI is InChI=1S/C22H15F6N5O/c23-21(24,25)12-31-19(34)9-13-2-1-3-14(8-13)16-11-30-18-10-15(5-7-33(16)18)20-29-6-4-17(32-20)22(26,27)28/h1-8,10-11H,9,12H2,(H,31,34). The Balaban J connectivity index is 1.59. The van der Waals surface area contributed by atoms with Gasteiger partial charge in [0.05, 0.1) is 18.3 Å². The average molecular weight is 479 g/mol. The van der Waals surface area contributed by atoms with Crippen LogP contribution in [0, 0.1) is 0 Å². The number of aromatic nitrogens is 4. The number of alkyl halides is 6. The molecule has 0 aliphatic heterocycles. The molecule has 0 aliphatic rings. The van der Waals surface area contributed by atoms with Crippen molar-refractivity contribution in [3.05, 3.63) is 72.3 Å². The highest BCUT2D eigenvalue weighted by Gasteiger charge is 2.33. The van der Waals surface area contributed by atoms with Crippen LogP contribution in [0.25, 0.3) is 28.3 Å². The topological polar surface area (TPSA) is 72.2 Å². The van der Waals surface area contributed by atoms with Crippen molar-refractivity contribution in [2.75, 3.05) is 6.54 Å². The first-order chi connectivity index (χ1) is 16.0. The number of imidazole rings is 1. The number of pyridine rings is 1. The second-order valence-corrected chi connectivity index (χ2v) is 7.32. The van der Waals surface area contributed by atoms with E-state index in [1.54, 1.807) is 40.9 Å². The summed E-state index contributed by atoms with van der Waals surface area (Å²) in [6.45, 7) is -1.41. The lowest BCUT2D eigenvalue weighted by molar-refractivity contribution is -0.141. The van der Waals surface area contributed by atoms with Crippen molar-refractivity contribution < 1.29 is 31.1 Å². The van der Waals surface area contributed by atoms with Gasteiger partial charge >= 0.3 is 12.4 Å². The van der Waals surface area contributed by atoms with Gasteiger partial charge in [-0.05, 0) is 29.8 Å². The van der Waals surface area contributed by atoms with E-state index in [-0.39, 0.29) is 12.2 Å². The van der Waals surface area contributed by atoms with Gasteiger partial charge in [0.1, 0.15) is 17.9 Å². The third-order valence-corrected chi connectivity index (χ3v) is 4.79. The van der Waals surface area contributed by atoms with Crippen LogP contribution in [0.2, 0.25) is 0 Å². The van der Waals surface area contributed by atoms with E-state index in [1.165, 1.54) is 12.3 Å². The zero-order valence-electron chi connectivity index (χ0n) is 17.2. The Labute approximate surface area is 188 Å². The first-order valence-electron chi connectivity index (χ1n) is 9.80. The Morgan fingerprint density at radius 2 is 1.76 bits per heavy atom. The van der Waals surface area contributed by atoms with Crippen LogP contribution in [0.4, 0.5) is 26.3 Å². The summed E-state index contributed by atoms with van der Waals surface area (Å²) in [4.78, 5) is 23.6. The summed E-state index contributed by atoms with van der Waals surface area (Å²) in [5.41, 5.74) is 1.46. The monoisotopic (exact) mass is 479 g/mol. The largest absolute Gasteiger partial charge is 0.433 e. The maximum absolute atomic E-state index is 13.0. The summed E-state index contributed by atoms with van der Waals surface area (Å²) in [7, 11) is 0. The molecule has 0 saturated heterocycles. The quantitative estimate of drug-likeness (QED) is 0.422. The molecule has 4 rings (SSSR count). The maximum Gasteiger partial charge on any atom is 0.433 e. The van der Waals surface area contributed by atoms with E-state index in [1.807, 2.05) is 5.32 Å². The predicted octanol–water partition coefficient (Wildman–Crippen LogP) is 4.70. The summed E-state index contributed by atoms with van der Waals surface area (Å²) in [5.74, 6) is -0.868. The van der Waals surface area contributed by atoms with Gasteiger partial charge in [-0.1, -0.05) is 18.2 Å². The fourth-order valence-corrected chi connectivity index (χ4v) is 3.28. The number of hydrogen-bond acceptors (Lipinski definition) is 4.